The molecule has 1 aromatic carbocycles. The minimum Gasteiger partial charge on any atom is -0.352 e. The second kappa shape index (κ2) is 7.62. The van der Waals surface area contributed by atoms with E-state index in [-0.39, 0.29) is 5.92 Å². The SMILES string of the molecule is O=C(C1CCCC1)N1CCN(c2ccc(-c3ccc(Cl)cc3)nn2)CC1. The molecule has 26 heavy (non-hydrogen) atoms. The molecule has 1 saturated heterocycles. The molecule has 1 amide bonds. The molecule has 1 aromatic heterocycles. The van der Waals surface area contributed by atoms with Crippen molar-refractivity contribution in [3.63, 3.8) is 0 Å². The molecule has 136 valence electrons. The van der Waals surface area contributed by atoms with E-state index < -0.39 is 0 Å². The smallest absolute Gasteiger partial charge is 0.225 e. The van der Waals surface area contributed by atoms with Crippen molar-refractivity contribution in [3.05, 3.63) is 41.4 Å². The molecule has 5 nitrogen and oxygen atoms in total. The normalized spacial score (nSPS) is 18.3. The average Bonchev–Trinajstić information content (AvgIpc) is 3.23. The lowest BCUT2D eigenvalue weighted by molar-refractivity contribution is -0.135. The number of halogens is 1. The van der Waals surface area contributed by atoms with E-state index >= 15 is 0 Å². The predicted molar refractivity (Wildman–Crippen MR) is 103 cm³/mol. The number of hydrogen-bond acceptors (Lipinski definition) is 4. The zero-order valence-electron chi connectivity index (χ0n) is 14.8. The number of rotatable bonds is 3. The van der Waals surface area contributed by atoms with Crippen LogP contribution in [0.1, 0.15) is 25.7 Å². The maximum atomic E-state index is 12.5. The summed E-state index contributed by atoms with van der Waals surface area (Å²) in [5.41, 5.74) is 1.83. The fourth-order valence-corrected chi connectivity index (χ4v) is 3.98. The molecule has 0 N–H and O–H groups in total. The van der Waals surface area contributed by atoms with E-state index in [2.05, 4.69) is 15.1 Å². The number of piperazine rings is 1. The summed E-state index contributed by atoms with van der Waals surface area (Å²) in [6.07, 6.45) is 4.53. The van der Waals surface area contributed by atoms with Gasteiger partial charge in [0.15, 0.2) is 5.82 Å². The zero-order valence-corrected chi connectivity index (χ0v) is 15.5. The Hall–Kier alpha value is -2.14. The first-order chi connectivity index (χ1) is 12.7. The van der Waals surface area contributed by atoms with Crippen molar-refractivity contribution in [1.29, 1.82) is 0 Å². The standard InChI is InChI=1S/C20H23ClN4O/c21-17-7-5-15(6-8-17)18-9-10-19(23-22-18)24-11-13-25(14-12-24)20(26)16-3-1-2-4-16/h5-10,16H,1-4,11-14H2. The molecule has 0 atom stereocenters. The number of carbonyl (C=O) groups is 1. The summed E-state index contributed by atoms with van der Waals surface area (Å²) in [6.45, 7) is 3.17. The second-order valence-corrected chi connectivity index (χ2v) is 7.51. The highest BCUT2D eigenvalue weighted by atomic mass is 35.5. The third-order valence-electron chi connectivity index (χ3n) is 5.41. The molecule has 6 heteroatoms. The van der Waals surface area contributed by atoms with Gasteiger partial charge in [-0.05, 0) is 37.1 Å². The number of nitrogens with zero attached hydrogens (tertiary/aromatic N) is 4. The van der Waals surface area contributed by atoms with Gasteiger partial charge in [0.1, 0.15) is 0 Å². The first-order valence-corrected chi connectivity index (χ1v) is 9.72. The van der Waals surface area contributed by atoms with Gasteiger partial charge in [0.05, 0.1) is 5.69 Å². The summed E-state index contributed by atoms with van der Waals surface area (Å²) in [5, 5.41) is 9.46. The Bertz CT molecular complexity index is 748. The van der Waals surface area contributed by atoms with Crippen LogP contribution >= 0.6 is 11.6 Å². The molecular weight excluding hydrogens is 348 g/mol. The lowest BCUT2D eigenvalue weighted by atomic mass is 10.1. The molecule has 2 aliphatic rings. The van der Waals surface area contributed by atoms with E-state index in [1.807, 2.05) is 41.3 Å². The van der Waals surface area contributed by atoms with Gasteiger partial charge in [0.25, 0.3) is 0 Å². The monoisotopic (exact) mass is 370 g/mol. The van der Waals surface area contributed by atoms with Crippen molar-refractivity contribution in [3.8, 4) is 11.3 Å². The van der Waals surface area contributed by atoms with E-state index in [4.69, 9.17) is 11.6 Å². The van der Waals surface area contributed by atoms with Crippen LogP contribution in [0, 0.1) is 5.92 Å². The number of hydrogen-bond donors (Lipinski definition) is 0. The first kappa shape index (κ1) is 17.3. The highest BCUT2D eigenvalue weighted by Crippen LogP contribution is 2.27. The Balaban J connectivity index is 1.37. The molecule has 4 rings (SSSR count). The Morgan fingerprint density at radius 1 is 0.923 bits per heavy atom. The van der Waals surface area contributed by atoms with Gasteiger partial charge in [-0.25, -0.2) is 0 Å². The van der Waals surface area contributed by atoms with Gasteiger partial charge in [0, 0.05) is 42.7 Å². The molecule has 0 unspecified atom stereocenters. The van der Waals surface area contributed by atoms with E-state index in [9.17, 15) is 4.79 Å². The average molecular weight is 371 g/mol. The minimum absolute atomic E-state index is 0.264. The summed E-state index contributed by atoms with van der Waals surface area (Å²) in [6, 6.07) is 11.6. The molecule has 0 radical (unpaired) electrons. The fraction of sp³-hybridized carbons (Fsp3) is 0.450. The summed E-state index contributed by atoms with van der Waals surface area (Å²) < 4.78 is 0. The van der Waals surface area contributed by atoms with E-state index in [0.717, 1.165) is 56.1 Å². The van der Waals surface area contributed by atoms with Crippen LogP contribution in [-0.4, -0.2) is 47.2 Å². The van der Waals surface area contributed by atoms with Crippen LogP contribution in [0.4, 0.5) is 5.82 Å². The number of amides is 1. The predicted octanol–water partition coefficient (Wildman–Crippen LogP) is 3.64. The fourth-order valence-electron chi connectivity index (χ4n) is 3.86. The van der Waals surface area contributed by atoms with Crippen LogP contribution in [0.25, 0.3) is 11.3 Å². The Labute approximate surface area is 159 Å². The second-order valence-electron chi connectivity index (χ2n) is 7.08. The van der Waals surface area contributed by atoms with Crippen molar-refractivity contribution in [2.45, 2.75) is 25.7 Å². The van der Waals surface area contributed by atoms with E-state index in [1.54, 1.807) is 0 Å². The molecule has 1 aliphatic carbocycles. The first-order valence-electron chi connectivity index (χ1n) is 9.34. The largest absolute Gasteiger partial charge is 0.352 e. The third-order valence-corrected chi connectivity index (χ3v) is 5.66. The highest BCUT2D eigenvalue weighted by molar-refractivity contribution is 6.30. The van der Waals surface area contributed by atoms with Gasteiger partial charge in [0.2, 0.25) is 5.91 Å². The number of benzene rings is 1. The van der Waals surface area contributed by atoms with Crippen LogP contribution in [0.3, 0.4) is 0 Å². The molecule has 2 fully saturated rings. The lowest BCUT2D eigenvalue weighted by Gasteiger charge is -2.36. The van der Waals surface area contributed by atoms with Crippen LogP contribution in [-0.2, 0) is 4.79 Å². The topological polar surface area (TPSA) is 49.3 Å². The third kappa shape index (κ3) is 3.68. The molecule has 1 aliphatic heterocycles. The van der Waals surface area contributed by atoms with Crippen LogP contribution in [0.2, 0.25) is 5.02 Å². The van der Waals surface area contributed by atoms with E-state index in [0.29, 0.717) is 10.9 Å². The van der Waals surface area contributed by atoms with Crippen molar-refractivity contribution in [1.82, 2.24) is 15.1 Å². The summed E-state index contributed by atoms with van der Waals surface area (Å²) >= 11 is 5.93. The van der Waals surface area contributed by atoms with E-state index in [1.165, 1.54) is 12.8 Å². The highest BCUT2D eigenvalue weighted by Gasteiger charge is 2.29. The number of aromatic nitrogens is 2. The Kier molecular flexibility index (Phi) is 5.07. The minimum atomic E-state index is 0.264. The maximum Gasteiger partial charge on any atom is 0.225 e. The Morgan fingerprint density at radius 3 is 2.23 bits per heavy atom. The molecule has 0 spiro atoms. The number of carbonyl (C=O) groups excluding carboxylic acids is 1. The quantitative estimate of drug-likeness (QED) is 0.827. The van der Waals surface area contributed by atoms with Crippen molar-refractivity contribution in [2.75, 3.05) is 31.1 Å². The summed E-state index contributed by atoms with van der Waals surface area (Å²) in [7, 11) is 0. The van der Waals surface area contributed by atoms with Gasteiger partial charge < -0.3 is 9.80 Å². The molecule has 2 aromatic rings. The molecule has 1 saturated carbocycles. The van der Waals surface area contributed by atoms with Crippen molar-refractivity contribution >= 4 is 23.3 Å². The van der Waals surface area contributed by atoms with Gasteiger partial charge in [-0.2, -0.15) is 0 Å². The van der Waals surface area contributed by atoms with Crippen molar-refractivity contribution < 1.29 is 4.79 Å². The lowest BCUT2D eigenvalue weighted by Crippen LogP contribution is -2.50. The Morgan fingerprint density at radius 2 is 1.62 bits per heavy atom. The molecule has 2 heterocycles. The molecule has 0 bridgehead atoms. The summed E-state index contributed by atoms with van der Waals surface area (Å²) in [5.74, 6) is 1.49. The van der Waals surface area contributed by atoms with Gasteiger partial charge >= 0.3 is 0 Å². The van der Waals surface area contributed by atoms with Crippen LogP contribution in [0.5, 0.6) is 0 Å². The van der Waals surface area contributed by atoms with Gasteiger partial charge in [-0.3, -0.25) is 4.79 Å². The van der Waals surface area contributed by atoms with Crippen LogP contribution < -0.4 is 4.90 Å². The van der Waals surface area contributed by atoms with Crippen molar-refractivity contribution in [2.24, 2.45) is 5.92 Å². The molecular formula is C20H23ClN4O. The summed E-state index contributed by atoms with van der Waals surface area (Å²) in [4.78, 5) is 16.8. The maximum absolute atomic E-state index is 12.5. The van der Waals surface area contributed by atoms with Gasteiger partial charge in [-0.1, -0.05) is 36.6 Å². The van der Waals surface area contributed by atoms with Crippen LogP contribution in [0.15, 0.2) is 36.4 Å². The zero-order chi connectivity index (χ0) is 17.9. The van der Waals surface area contributed by atoms with Gasteiger partial charge in [-0.15, -0.1) is 10.2 Å². The number of anilines is 1.